The molecule has 0 heterocycles. The summed E-state index contributed by atoms with van der Waals surface area (Å²) in [6.07, 6.45) is 1.85. The lowest BCUT2D eigenvalue weighted by Gasteiger charge is -2.27. The Balaban J connectivity index is 2.00. The second-order valence-corrected chi connectivity index (χ2v) is 6.37. The standard InChI is InChI=1S/C16H21NO4/c1-16(2,3)21-15(20)17-13-7-6-10-8-12(14(18)19)5-4-11(10)9-13/h4-5,8,13H,6-7,9H2,1-3H3,(H,17,20)(H,18,19)/t13-/m1/s1. The van der Waals surface area contributed by atoms with E-state index >= 15 is 0 Å². The number of rotatable bonds is 2. The SMILES string of the molecule is CC(C)(C)OC(=O)N[C@@H]1CCc2cc(C(=O)O)ccc2C1. The first-order chi connectivity index (χ1) is 9.74. The van der Waals surface area contributed by atoms with E-state index < -0.39 is 17.7 Å². The van der Waals surface area contributed by atoms with Crippen LogP contribution in [0, 0.1) is 0 Å². The lowest BCUT2D eigenvalue weighted by Crippen LogP contribution is -2.41. The van der Waals surface area contributed by atoms with Crippen LogP contribution in [-0.2, 0) is 17.6 Å². The first kappa shape index (κ1) is 15.4. The fourth-order valence-electron chi connectivity index (χ4n) is 2.49. The molecular weight excluding hydrogens is 270 g/mol. The Hall–Kier alpha value is -2.04. The number of carboxylic acid groups (broad SMARTS) is 1. The van der Waals surface area contributed by atoms with E-state index in [9.17, 15) is 9.59 Å². The van der Waals surface area contributed by atoms with E-state index in [0.29, 0.717) is 12.0 Å². The molecule has 0 saturated heterocycles. The van der Waals surface area contributed by atoms with Gasteiger partial charge in [-0.1, -0.05) is 6.07 Å². The molecule has 1 aliphatic carbocycles. The van der Waals surface area contributed by atoms with E-state index in [1.807, 2.05) is 26.8 Å². The number of hydrogen-bond donors (Lipinski definition) is 2. The molecular formula is C16H21NO4. The van der Waals surface area contributed by atoms with Crippen LogP contribution in [0.4, 0.5) is 4.79 Å². The summed E-state index contributed by atoms with van der Waals surface area (Å²) in [5.74, 6) is -0.910. The van der Waals surface area contributed by atoms with Crippen LogP contribution in [-0.4, -0.2) is 28.8 Å². The van der Waals surface area contributed by atoms with E-state index in [1.165, 1.54) is 0 Å². The molecule has 0 fully saturated rings. The molecule has 0 spiro atoms. The number of carboxylic acids is 1. The third-order valence-corrected chi connectivity index (χ3v) is 3.40. The van der Waals surface area contributed by atoms with Gasteiger partial charge in [0.15, 0.2) is 0 Å². The number of amides is 1. The highest BCUT2D eigenvalue weighted by Gasteiger charge is 2.23. The van der Waals surface area contributed by atoms with Crippen molar-refractivity contribution < 1.29 is 19.4 Å². The van der Waals surface area contributed by atoms with Gasteiger partial charge in [-0.3, -0.25) is 0 Å². The van der Waals surface area contributed by atoms with E-state index in [-0.39, 0.29) is 6.04 Å². The lowest BCUT2D eigenvalue weighted by atomic mass is 9.87. The smallest absolute Gasteiger partial charge is 0.407 e. The van der Waals surface area contributed by atoms with Crippen molar-refractivity contribution in [1.82, 2.24) is 5.32 Å². The van der Waals surface area contributed by atoms with Crippen LogP contribution in [0.1, 0.15) is 48.7 Å². The molecule has 1 aromatic rings. The average molecular weight is 291 g/mol. The number of hydrogen-bond acceptors (Lipinski definition) is 3. The fraction of sp³-hybridized carbons (Fsp3) is 0.500. The zero-order valence-corrected chi connectivity index (χ0v) is 12.6. The van der Waals surface area contributed by atoms with Gasteiger partial charge in [-0.2, -0.15) is 0 Å². The Morgan fingerprint density at radius 1 is 1.29 bits per heavy atom. The number of carbonyl (C=O) groups is 2. The van der Waals surface area contributed by atoms with Gasteiger partial charge in [0, 0.05) is 6.04 Å². The number of fused-ring (bicyclic) bond motifs is 1. The summed E-state index contributed by atoms with van der Waals surface area (Å²) in [6.45, 7) is 5.49. The number of alkyl carbamates (subject to hydrolysis) is 1. The second kappa shape index (κ2) is 5.76. The second-order valence-electron chi connectivity index (χ2n) is 6.37. The van der Waals surface area contributed by atoms with E-state index in [2.05, 4.69) is 5.32 Å². The molecule has 0 saturated carbocycles. The predicted octanol–water partition coefficient (Wildman–Crippen LogP) is 2.77. The summed E-state index contributed by atoms with van der Waals surface area (Å²) in [5.41, 5.74) is 1.95. The number of nitrogens with one attached hydrogen (secondary N) is 1. The van der Waals surface area contributed by atoms with Gasteiger partial charge in [0.05, 0.1) is 5.56 Å². The Morgan fingerprint density at radius 2 is 2.00 bits per heavy atom. The molecule has 1 aliphatic rings. The van der Waals surface area contributed by atoms with Gasteiger partial charge < -0.3 is 15.2 Å². The van der Waals surface area contributed by atoms with E-state index in [4.69, 9.17) is 9.84 Å². The monoisotopic (exact) mass is 291 g/mol. The largest absolute Gasteiger partial charge is 0.478 e. The summed E-state index contributed by atoms with van der Waals surface area (Å²) >= 11 is 0. The minimum Gasteiger partial charge on any atom is -0.478 e. The highest BCUT2D eigenvalue weighted by Crippen LogP contribution is 2.23. The summed E-state index contributed by atoms with van der Waals surface area (Å²) in [6, 6.07) is 5.20. The topological polar surface area (TPSA) is 75.6 Å². The van der Waals surface area contributed by atoms with Gasteiger partial charge in [-0.25, -0.2) is 9.59 Å². The van der Waals surface area contributed by atoms with Gasteiger partial charge >= 0.3 is 12.1 Å². The predicted molar refractivity (Wildman–Crippen MR) is 78.6 cm³/mol. The zero-order valence-electron chi connectivity index (χ0n) is 12.6. The maximum Gasteiger partial charge on any atom is 0.407 e. The first-order valence-electron chi connectivity index (χ1n) is 7.09. The van der Waals surface area contributed by atoms with Gasteiger partial charge in [0.2, 0.25) is 0 Å². The normalized spacial score (nSPS) is 17.8. The van der Waals surface area contributed by atoms with Gasteiger partial charge in [0.1, 0.15) is 5.60 Å². The van der Waals surface area contributed by atoms with E-state index in [1.54, 1.807) is 12.1 Å². The van der Waals surface area contributed by atoms with Crippen molar-refractivity contribution in [3.8, 4) is 0 Å². The van der Waals surface area contributed by atoms with Crippen LogP contribution >= 0.6 is 0 Å². The number of aryl methyl sites for hydroxylation is 1. The quantitative estimate of drug-likeness (QED) is 0.878. The lowest BCUT2D eigenvalue weighted by molar-refractivity contribution is 0.0500. The molecule has 21 heavy (non-hydrogen) atoms. The zero-order chi connectivity index (χ0) is 15.6. The molecule has 1 atom stereocenters. The number of benzene rings is 1. The highest BCUT2D eigenvalue weighted by atomic mass is 16.6. The summed E-state index contributed by atoms with van der Waals surface area (Å²) in [4.78, 5) is 22.7. The number of aromatic carboxylic acids is 1. The average Bonchev–Trinajstić information content (AvgIpc) is 2.35. The fourth-order valence-corrected chi connectivity index (χ4v) is 2.49. The Bertz CT molecular complexity index is 560. The highest BCUT2D eigenvalue weighted by molar-refractivity contribution is 5.88. The molecule has 0 aliphatic heterocycles. The summed E-state index contributed by atoms with van der Waals surface area (Å²) in [7, 11) is 0. The van der Waals surface area contributed by atoms with Crippen LogP contribution in [0.2, 0.25) is 0 Å². The maximum atomic E-state index is 11.8. The molecule has 0 bridgehead atoms. The first-order valence-corrected chi connectivity index (χ1v) is 7.09. The van der Waals surface area contributed by atoms with Crippen molar-refractivity contribution in [2.45, 2.75) is 51.7 Å². The molecule has 5 nitrogen and oxygen atoms in total. The van der Waals surface area contributed by atoms with E-state index in [0.717, 1.165) is 24.0 Å². The Morgan fingerprint density at radius 3 is 2.62 bits per heavy atom. The Kier molecular flexibility index (Phi) is 4.21. The summed E-state index contributed by atoms with van der Waals surface area (Å²) in [5, 5.41) is 11.9. The van der Waals surface area contributed by atoms with Crippen molar-refractivity contribution in [3.05, 3.63) is 34.9 Å². The maximum absolute atomic E-state index is 11.8. The van der Waals surface area contributed by atoms with Crippen molar-refractivity contribution >= 4 is 12.1 Å². The third kappa shape index (κ3) is 4.21. The molecule has 0 unspecified atom stereocenters. The number of ether oxygens (including phenoxy) is 1. The minimum absolute atomic E-state index is 0.0306. The molecule has 1 aromatic carbocycles. The minimum atomic E-state index is -0.910. The summed E-state index contributed by atoms with van der Waals surface area (Å²) < 4.78 is 5.25. The molecule has 2 rings (SSSR count). The van der Waals surface area contributed by atoms with Crippen LogP contribution in [0.25, 0.3) is 0 Å². The molecule has 5 heteroatoms. The van der Waals surface area contributed by atoms with Gasteiger partial charge in [0.25, 0.3) is 0 Å². The van der Waals surface area contributed by atoms with Crippen LogP contribution in [0.15, 0.2) is 18.2 Å². The molecule has 1 amide bonds. The molecule has 0 radical (unpaired) electrons. The third-order valence-electron chi connectivity index (χ3n) is 3.40. The van der Waals surface area contributed by atoms with Crippen molar-refractivity contribution in [1.29, 1.82) is 0 Å². The molecule has 114 valence electrons. The number of carbonyl (C=O) groups excluding carboxylic acids is 1. The van der Waals surface area contributed by atoms with Crippen LogP contribution in [0.3, 0.4) is 0 Å². The van der Waals surface area contributed by atoms with Crippen LogP contribution in [0.5, 0.6) is 0 Å². The molecule has 2 N–H and O–H groups in total. The van der Waals surface area contributed by atoms with Crippen molar-refractivity contribution in [2.24, 2.45) is 0 Å². The van der Waals surface area contributed by atoms with Gasteiger partial charge in [-0.15, -0.1) is 0 Å². The molecule has 0 aromatic heterocycles. The van der Waals surface area contributed by atoms with Crippen molar-refractivity contribution in [2.75, 3.05) is 0 Å². The van der Waals surface area contributed by atoms with Crippen LogP contribution < -0.4 is 5.32 Å². The Labute approximate surface area is 124 Å². The van der Waals surface area contributed by atoms with Gasteiger partial charge in [-0.05, 0) is 63.3 Å². The van der Waals surface area contributed by atoms with Crippen molar-refractivity contribution in [3.63, 3.8) is 0 Å².